The van der Waals surface area contributed by atoms with E-state index in [1.54, 1.807) is 0 Å². The Labute approximate surface area is 154 Å². The molecule has 128 valence electrons. The summed E-state index contributed by atoms with van der Waals surface area (Å²) in [6, 6.07) is 16.5. The monoisotopic (exact) mass is 362 g/mol. The van der Waals surface area contributed by atoms with Crippen LogP contribution in [-0.2, 0) is 0 Å². The van der Waals surface area contributed by atoms with Gasteiger partial charge in [-0.25, -0.2) is 0 Å². The molecule has 0 bridgehead atoms. The Morgan fingerprint density at radius 1 is 0.833 bits per heavy atom. The molecule has 2 aromatic rings. The van der Waals surface area contributed by atoms with Gasteiger partial charge in [0.05, 0.1) is 0 Å². The molecule has 0 radical (unpaired) electrons. The van der Waals surface area contributed by atoms with Gasteiger partial charge in [0.25, 0.3) is 0 Å². The van der Waals surface area contributed by atoms with Crippen LogP contribution in [0.2, 0.25) is 10.0 Å². The van der Waals surface area contributed by atoms with Crippen molar-refractivity contribution in [2.24, 2.45) is 0 Å². The predicted molar refractivity (Wildman–Crippen MR) is 103 cm³/mol. The van der Waals surface area contributed by atoms with Crippen LogP contribution in [0.3, 0.4) is 0 Å². The van der Waals surface area contributed by atoms with Crippen LogP contribution >= 0.6 is 23.2 Å². The first-order chi connectivity index (χ1) is 11.7. The summed E-state index contributed by atoms with van der Waals surface area (Å²) >= 11 is 12.1. The quantitative estimate of drug-likeness (QED) is 0.792. The lowest BCUT2D eigenvalue weighted by Crippen LogP contribution is -2.43. The fourth-order valence-corrected chi connectivity index (χ4v) is 3.62. The van der Waals surface area contributed by atoms with Gasteiger partial charge in [-0.15, -0.1) is 0 Å². The Morgan fingerprint density at radius 3 is 1.83 bits per heavy atom. The lowest BCUT2D eigenvalue weighted by atomic mass is 9.87. The van der Waals surface area contributed by atoms with Crippen LogP contribution in [0.25, 0.3) is 0 Å². The van der Waals surface area contributed by atoms with Gasteiger partial charge in [0.15, 0.2) is 0 Å². The number of hydrogen-bond acceptors (Lipinski definition) is 2. The number of nitrogens with zero attached hydrogens (tertiary/aromatic N) is 1. The summed E-state index contributed by atoms with van der Waals surface area (Å²) < 4.78 is 0. The molecule has 1 aliphatic rings. The van der Waals surface area contributed by atoms with Crippen molar-refractivity contribution in [3.05, 3.63) is 69.7 Å². The van der Waals surface area contributed by atoms with E-state index in [0.29, 0.717) is 5.92 Å². The minimum absolute atomic E-state index is 0.391. The first-order valence-electron chi connectivity index (χ1n) is 8.66. The molecule has 0 aliphatic carbocycles. The zero-order chi connectivity index (χ0) is 16.8. The van der Waals surface area contributed by atoms with E-state index >= 15 is 0 Å². The summed E-state index contributed by atoms with van der Waals surface area (Å²) in [4.78, 5) is 2.55. The standard InChI is InChI=1S/C20H24Cl2N2/c21-18-7-3-16(4-8-18)20(17-5-9-19(22)10-6-17)2-1-13-24-14-11-23-12-15-24/h3-10,20,23H,1-2,11-15H2. The maximum Gasteiger partial charge on any atom is 0.0406 e. The molecule has 0 saturated carbocycles. The van der Waals surface area contributed by atoms with Crippen molar-refractivity contribution >= 4 is 23.2 Å². The molecule has 0 unspecified atom stereocenters. The first kappa shape index (κ1) is 17.8. The van der Waals surface area contributed by atoms with Gasteiger partial charge in [-0.1, -0.05) is 47.5 Å². The number of rotatable bonds is 6. The van der Waals surface area contributed by atoms with Crippen molar-refractivity contribution in [1.29, 1.82) is 0 Å². The van der Waals surface area contributed by atoms with E-state index in [2.05, 4.69) is 34.5 Å². The van der Waals surface area contributed by atoms with Gasteiger partial charge in [-0.2, -0.15) is 0 Å². The maximum absolute atomic E-state index is 6.06. The first-order valence-corrected chi connectivity index (χ1v) is 9.42. The SMILES string of the molecule is Clc1ccc(C(CCCN2CCNCC2)c2ccc(Cl)cc2)cc1. The second kappa shape index (κ2) is 8.87. The van der Waals surface area contributed by atoms with Crippen molar-refractivity contribution in [3.8, 4) is 0 Å². The fourth-order valence-electron chi connectivity index (χ4n) is 3.37. The van der Waals surface area contributed by atoms with E-state index in [4.69, 9.17) is 23.2 Å². The summed E-state index contributed by atoms with van der Waals surface area (Å²) in [7, 11) is 0. The third-order valence-electron chi connectivity index (χ3n) is 4.72. The molecule has 0 atom stereocenters. The molecule has 0 spiro atoms. The number of nitrogens with one attached hydrogen (secondary N) is 1. The van der Waals surface area contributed by atoms with Gasteiger partial charge >= 0.3 is 0 Å². The Kier molecular flexibility index (Phi) is 6.56. The van der Waals surface area contributed by atoms with Gasteiger partial charge in [-0.05, 0) is 54.8 Å². The van der Waals surface area contributed by atoms with Crippen molar-refractivity contribution in [2.45, 2.75) is 18.8 Å². The van der Waals surface area contributed by atoms with Crippen molar-refractivity contribution in [3.63, 3.8) is 0 Å². The molecule has 24 heavy (non-hydrogen) atoms. The van der Waals surface area contributed by atoms with Crippen LogP contribution in [0.5, 0.6) is 0 Å². The van der Waals surface area contributed by atoms with Crippen LogP contribution in [0.1, 0.15) is 29.9 Å². The Hall–Kier alpha value is -1.06. The van der Waals surface area contributed by atoms with Crippen molar-refractivity contribution in [2.75, 3.05) is 32.7 Å². The van der Waals surface area contributed by atoms with Gasteiger partial charge in [0.1, 0.15) is 0 Å². The maximum atomic E-state index is 6.06. The molecular weight excluding hydrogens is 339 g/mol. The number of benzene rings is 2. The highest BCUT2D eigenvalue weighted by Crippen LogP contribution is 2.31. The topological polar surface area (TPSA) is 15.3 Å². The average Bonchev–Trinajstić information content (AvgIpc) is 2.62. The van der Waals surface area contributed by atoms with E-state index < -0.39 is 0 Å². The van der Waals surface area contributed by atoms with Gasteiger partial charge in [0.2, 0.25) is 0 Å². The zero-order valence-corrected chi connectivity index (χ0v) is 15.4. The van der Waals surface area contributed by atoms with E-state index in [9.17, 15) is 0 Å². The number of halogens is 2. The van der Waals surface area contributed by atoms with Gasteiger partial charge in [-0.3, -0.25) is 0 Å². The van der Waals surface area contributed by atoms with Crippen LogP contribution < -0.4 is 5.32 Å². The molecule has 1 heterocycles. The minimum atomic E-state index is 0.391. The Balaban J connectivity index is 1.69. The van der Waals surface area contributed by atoms with E-state index in [1.165, 1.54) is 24.1 Å². The van der Waals surface area contributed by atoms with Crippen LogP contribution in [0.15, 0.2) is 48.5 Å². The molecule has 2 nitrogen and oxygen atoms in total. The predicted octanol–water partition coefficient (Wildman–Crippen LogP) is 4.81. The second-order valence-electron chi connectivity index (χ2n) is 6.39. The third-order valence-corrected chi connectivity index (χ3v) is 5.23. The number of hydrogen-bond donors (Lipinski definition) is 1. The van der Waals surface area contributed by atoms with E-state index in [1.807, 2.05) is 24.3 Å². The lowest BCUT2D eigenvalue weighted by molar-refractivity contribution is 0.235. The largest absolute Gasteiger partial charge is 0.314 e. The molecule has 0 amide bonds. The molecule has 0 aromatic heterocycles. The highest BCUT2D eigenvalue weighted by atomic mass is 35.5. The molecular formula is C20H24Cl2N2. The highest BCUT2D eigenvalue weighted by molar-refractivity contribution is 6.30. The molecule has 3 rings (SSSR count). The van der Waals surface area contributed by atoms with Gasteiger partial charge < -0.3 is 10.2 Å². The van der Waals surface area contributed by atoms with Crippen LogP contribution in [0.4, 0.5) is 0 Å². The summed E-state index contributed by atoms with van der Waals surface area (Å²) in [5, 5.41) is 4.98. The fraction of sp³-hybridized carbons (Fsp3) is 0.400. The Morgan fingerprint density at radius 2 is 1.33 bits per heavy atom. The van der Waals surface area contributed by atoms with Crippen LogP contribution in [-0.4, -0.2) is 37.6 Å². The molecule has 1 saturated heterocycles. The molecule has 1 aliphatic heterocycles. The normalized spacial score (nSPS) is 15.8. The smallest absolute Gasteiger partial charge is 0.0406 e. The minimum Gasteiger partial charge on any atom is -0.314 e. The average molecular weight is 363 g/mol. The molecule has 2 aromatic carbocycles. The Bertz CT molecular complexity index is 574. The number of piperazine rings is 1. The van der Waals surface area contributed by atoms with E-state index in [-0.39, 0.29) is 0 Å². The molecule has 4 heteroatoms. The summed E-state index contributed by atoms with van der Waals surface area (Å²) in [5.41, 5.74) is 2.64. The highest BCUT2D eigenvalue weighted by Gasteiger charge is 2.16. The summed E-state index contributed by atoms with van der Waals surface area (Å²) in [5.74, 6) is 0.391. The third kappa shape index (κ3) is 4.97. The second-order valence-corrected chi connectivity index (χ2v) is 7.26. The van der Waals surface area contributed by atoms with Gasteiger partial charge in [0, 0.05) is 42.1 Å². The van der Waals surface area contributed by atoms with Crippen molar-refractivity contribution in [1.82, 2.24) is 10.2 Å². The lowest BCUT2D eigenvalue weighted by Gasteiger charge is -2.28. The van der Waals surface area contributed by atoms with Crippen LogP contribution in [0, 0.1) is 0 Å². The van der Waals surface area contributed by atoms with Crippen molar-refractivity contribution < 1.29 is 0 Å². The summed E-state index contributed by atoms with van der Waals surface area (Å²) in [6.45, 7) is 5.70. The molecule has 1 N–H and O–H groups in total. The molecule has 1 fully saturated rings. The van der Waals surface area contributed by atoms with E-state index in [0.717, 1.165) is 42.6 Å². The summed E-state index contributed by atoms with van der Waals surface area (Å²) in [6.07, 6.45) is 2.32. The zero-order valence-electron chi connectivity index (χ0n) is 13.8.